The van der Waals surface area contributed by atoms with Crippen LogP contribution in [0.1, 0.15) is 43.1 Å². The summed E-state index contributed by atoms with van der Waals surface area (Å²) in [6, 6.07) is 20.6. The number of hydrogen-bond acceptors (Lipinski definition) is 7. The third-order valence-electron chi connectivity index (χ3n) is 5.33. The minimum absolute atomic E-state index is 0.00326. The number of benzene rings is 3. The van der Waals surface area contributed by atoms with E-state index in [1.807, 2.05) is 30.3 Å². The summed E-state index contributed by atoms with van der Waals surface area (Å²) in [7, 11) is -4.33. The Morgan fingerprint density at radius 1 is 0.900 bits per heavy atom. The molecule has 1 amide bonds. The molecule has 3 rings (SSSR count). The molecule has 0 aliphatic heterocycles. The van der Waals surface area contributed by atoms with Crippen LogP contribution >= 0.6 is 11.6 Å². The molecule has 212 valence electrons. The van der Waals surface area contributed by atoms with Crippen LogP contribution < -0.4 is 9.62 Å². The number of anilines is 1. The number of amides is 1. The molecule has 0 fully saturated rings. The van der Waals surface area contributed by atoms with Gasteiger partial charge in [-0.2, -0.15) is 0 Å². The summed E-state index contributed by atoms with van der Waals surface area (Å²) in [6.07, 6.45) is -0.0605. The third kappa shape index (κ3) is 9.10. The first-order valence-corrected chi connectivity index (χ1v) is 14.2. The standard InChI is InChI=1S/C29H31ClN2O7S/c1-29(2,3)39-27(34)19-32(24-13-8-12-23(30)18-24)40(36,37)25-14-7-11-22(17-25)28(35)31-16-15-26(33)38-20-21-9-5-4-6-10-21/h4-14,17-18H,15-16,19-20H2,1-3H3,(H,31,35). The molecule has 0 bridgehead atoms. The largest absolute Gasteiger partial charge is 0.461 e. The second-order valence-electron chi connectivity index (χ2n) is 9.76. The molecule has 3 aromatic carbocycles. The number of nitrogens with one attached hydrogen (secondary N) is 1. The second-order valence-corrected chi connectivity index (χ2v) is 12.1. The van der Waals surface area contributed by atoms with Crippen LogP contribution in [0.4, 0.5) is 5.69 Å². The molecule has 0 saturated heterocycles. The summed E-state index contributed by atoms with van der Waals surface area (Å²) < 4.78 is 38.8. The van der Waals surface area contributed by atoms with E-state index in [0.717, 1.165) is 9.87 Å². The number of halogens is 1. The highest BCUT2D eigenvalue weighted by atomic mass is 35.5. The van der Waals surface area contributed by atoms with Crippen molar-refractivity contribution >= 4 is 45.2 Å². The van der Waals surface area contributed by atoms with E-state index in [0.29, 0.717) is 0 Å². The summed E-state index contributed by atoms with van der Waals surface area (Å²) in [4.78, 5) is 37.2. The molecule has 0 spiro atoms. The number of carbonyl (C=O) groups excluding carboxylic acids is 3. The molecule has 0 aliphatic carbocycles. The molecule has 0 aliphatic rings. The first-order chi connectivity index (χ1) is 18.8. The predicted molar refractivity (Wildman–Crippen MR) is 151 cm³/mol. The van der Waals surface area contributed by atoms with E-state index in [2.05, 4.69) is 5.32 Å². The van der Waals surface area contributed by atoms with Crippen molar-refractivity contribution in [2.75, 3.05) is 17.4 Å². The highest BCUT2D eigenvalue weighted by molar-refractivity contribution is 7.92. The van der Waals surface area contributed by atoms with Crippen LogP contribution in [0.5, 0.6) is 0 Å². The zero-order chi connectivity index (χ0) is 29.3. The Labute approximate surface area is 239 Å². The maximum atomic E-state index is 13.7. The number of carbonyl (C=O) groups is 3. The van der Waals surface area contributed by atoms with Gasteiger partial charge in [-0.1, -0.05) is 54.1 Å². The van der Waals surface area contributed by atoms with Crippen molar-refractivity contribution in [2.45, 2.75) is 44.3 Å². The van der Waals surface area contributed by atoms with Gasteiger partial charge in [0.1, 0.15) is 18.8 Å². The van der Waals surface area contributed by atoms with Crippen molar-refractivity contribution in [3.63, 3.8) is 0 Å². The maximum Gasteiger partial charge on any atom is 0.327 e. The molecule has 1 N–H and O–H groups in total. The molecule has 9 nitrogen and oxygen atoms in total. The Kier molecular flexibility index (Phi) is 10.3. The van der Waals surface area contributed by atoms with Crippen molar-refractivity contribution in [1.82, 2.24) is 5.32 Å². The molecule has 0 saturated carbocycles. The number of nitrogens with zero attached hydrogens (tertiary/aromatic N) is 1. The van der Waals surface area contributed by atoms with E-state index in [4.69, 9.17) is 21.1 Å². The lowest BCUT2D eigenvalue weighted by Gasteiger charge is -2.26. The molecule has 11 heteroatoms. The van der Waals surface area contributed by atoms with Crippen LogP contribution in [0.25, 0.3) is 0 Å². The van der Waals surface area contributed by atoms with Crippen LogP contribution in [0, 0.1) is 0 Å². The highest BCUT2D eigenvalue weighted by Gasteiger charge is 2.30. The zero-order valence-electron chi connectivity index (χ0n) is 22.4. The Morgan fingerprint density at radius 3 is 2.27 bits per heavy atom. The van der Waals surface area contributed by atoms with Gasteiger partial charge < -0.3 is 14.8 Å². The van der Waals surface area contributed by atoms with E-state index in [1.54, 1.807) is 32.9 Å². The van der Waals surface area contributed by atoms with E-state index < -0.39 is 40.0 Å². The van der Waals surface area contributed by atoms with Crippen LogP contribution in [0.3, 0.4) is 0 Å². The Morgan fingerprint density at radius 2 is 1.60 bits per heavy atom. The maximum absolute atomic E-state index is 13.7. The normalized spacial score (nSPS) is 11.4. The number of sulfonamides is 1. The van der Waals surface area contributed by atoms with Gasteiger partial charge in [-0.05, 0) is 62.7 Å². The Hall–Kier alpha value is -3.89. The Bertz CT molecular complexity index is 1450. The van der Waals surface area contributed by atoms with E-state index in [9.17, 15) is 22.8 Å². The van der Waals surface area contributed by atoms with Gasteiger partial charge in [-0.3, -0.25) is 18.7 Å². The van der Waals surface area contributed by atoms with Gasteiger partial charge in [-0.25, -0.2) is 8.42 Å². The molecule has 40 heavy (non-hydrogen) atoms. The highest BCUT2D eigenvalue weighted by Crippen LogP contribution is 2.27. The van der Waals surface area contributed by atoms with Gasteiger partial charge >= 0.3 is 11.9 Å². The molecule has 0 heterocycles. The molecular weight excluding hydrogens is 556 g/mol. The van der Waals surface area contributed by atoms with E-state index >= 15 is 0 Å². The lowest BCUT2D eigenvalue weighted by atomic mass is 10.2. The average molecular weight is 587 g/mol. The monoisotopic (exact) mass is 586 g/mol. The first-order valence-electron chi connectivity index (χ1n) is 12.4. The number of rotatable bonds is 11. The quantitative estimate of drug-likeness (QED) is 0.322. The second kappa shape index (κ2) is 13.5. The molecular formula is C29H31ClN2O7S. The fourth-order valence-corrected chi connectivity index (χ4v) is 5.18. The number of ether oxygens (including phenoxy) is 2. The molecule has 0 aromatic heterocycles. The summed E-state index contributed by atoms with van der Waals surface area (Å²) in [5, 5.41) is 2.87. The number of hydrogen-bond donors (Lipinski definition) is 1. The summed E-state index contributed by atoms with van der Waals surface area (Å²) >= 11 is 6.09. The average Bonchev–Trinajstić information content (AvgIpc) is 2.90. The molecule has 0 radical (unpaired) electrons. The van der Waals surface area contributed by atoms with Crippen molar-refractivity contribution in [2.24, 2.45) is 0 Å². The fourth-order valence-electron chi connectivity index (χ4n) is 3.55. The Balaban J connectivity index is 1.71. The smallest absolute Gasteiger partial charge is 0.327 e. The lowest BCUT2D eigenvalue weighted by molar-refractivity contribution is -0.152. The van der Waals surface area contributed by atoms with Gasteiger partial charge in [0.05, 0.1) is 17.0 Å². The van der Waals surface area contributed by atoms with Crippen LogP contribution in [0.2, 0.25) is 5.02 Å². The van der Waals surface area contributed by atoms with Gasteiger partial charge in [0.2, 0.25) is 0 Å². The van der Waals surface area contributed by atoms with E-state index in [1.165, 1.54) is 36.4 Å². The minimum atomic E-state index is -4.33. The van der Waals surface area contributed by atoms with Crippen molar-refractivity contribution in [3.8, 4) is 0 Å². The molecule has 0 atom stereocenters. The van der Waals surface area contributed by atoms with Crippen molar-refractivity contribution < 1.29 is 32.3 Å². The summed E-state index contributed by atoms with van der Waals surface area (Å²) in [5.74, 6) is -1.82. The van der Waals surface area contributed by atoms with E-state index in [-0.39, 0.29) is 40.7 Å². The van der Waals surface area contributed by atoms with Crippen LogP contribution in [0.15, 0.2) is 83.8 Å². The van der Waals surface area contributed by atoms with Crippen molar-refractivity contribution in [1.29, 1.82) is 0 Å². The van der Waals surface area contributed by atoms with Gasteiger partial charge in [0, 0.05) is 17.1 Å². The fraction of sp³-hybridized carbons (Fsp3) is 0.276. The van der Waals surface area contributed by atoms with Crippen LogP contribution in [-0.4, -0.2) is 45.0 Å². The van der Waals surface area contributed by atoms with Crippen LogP contribution in [-0.2, 0) is 35.7 Å². The first kappa shape index (κ1) is 30.6. The zero-order valence-corrected chi connectivity index (χ0v) is 24.0. The van der Waals surface area contributed by atoms with Crippen molar-refractivity contribution in [3.05, 3.63) is 95.0 Å². The lowest BCUT2D eigenvalue weighted by Crippen LogP contribution is -2.39. The van der Waals surface area contributed by atoms with Gasteiger partial charge in [-0.15, -0.1) is 0 Å². The van der Waals surface area contributed by atoms with Gasteiger partial charge in [0.25, 0.3) is 15.9 Å². The molecule has 0 unspecified atom stereocenters. The molecule has 3 aromatic rings. The minimum Gasteiger partial charge on any atom is -0.461 e. The third-order valence-corrected chi connectivity index (χ3v) is 7.34. The number of esters is 2. The topological polar surface area (TPSA) is 119 Å². The van der Waals surface area contributed by atoms with Gasteiger partial charge in [0.15, 0.2) is 0 Å². The predicted octanol–water partition coefficient (Wildman–Crippen LogP) is 4.74. The SMILES string of the molecule is CC(C)(C)OC(=O)CN(c1cccc(Cl)c1)S(=O)(=O)c1cccc(C(=O)NCCC(=O)OCc2ccccc2)c1. The summed E-state index contributed by atoms with van der Waals surface area (Å²) in [6.45, 7) is 4.54. The summed E-state index contributed by atoms with van der Waals surface area (Å²) in [5.41, 5.74) is 0.230.